The molecule has 0 heterocycles. The largest absolute Gasteiger partial charge is 0.480 e. The third-order valence-electron chi connectivity index (χ3n) is 3.69. The van der Waals surface area contributed by atoms with Crippen LogP contribution in [0.5, 0.6) is 0 Å². The molecule has 1 aromatic carbocycles. The monoisotopic (exact) mass is 276 g/mol. The molecular formula is C15H20N2O3. The second-order valence-electron chi connectivity index (χ2n) is 5.41. The fourth-order valence-electron chi connectivity index (χ4n) is 2.17. The van der Waals surface area contributed by atoms with E-state index < -0.39 is 18.0 Å². The molecule has 2 rings (SSSR count). The van der Waals surface area contributed by atoms with E-state index in [1.54, 1.807) is 0 Å². The van der Waals surface area contributed by atoms with Crippen LogP contribution in [0.4, 0.5) is 4.79 Å². The number of rotatable bonds is 6. The number of benzene rings is 1. The predicted molar refractivity (Wildman–Crippen MR) is 75.4 cm³/mol. The summed E-state index contributed by atoms with van der Waals surface area (Å²) in [5.74, 6) is 0.178. The summed E-state index contributed by atoms with van der Waals surface area (Å²) < 4.78 is 0. The van der Waals surface area contributed by atoms with Crippen molar-refractivity contribution in [1.29, 1.82) is 0 Å². The van der Waals surface area contributed by atoms with Gasteiger partial charge in [0.25, 0.3) is 0 Å². The van der Waals surface area contributed by atoms with Crippen molar-refractivity contribution in [2.24, 2.45) is 11.8 Å². The maximum absolute atomic E-state index is 11.7. The lowest BCUT2D eigenvalue weighted by molar-refractivity contribution is -0.139. The van der Waals surface area contributed by atoms with Gasteiger partial charge in [-0.1, -0.05) is 37.3 Å². The highest BCUT2D eigenvalue weighted by molar-refractivity contribution is 5.82. The number of urea groups is 1. The average Bonchev–Trinajstić information content (AvgIpc) is 3.13. The SMILES string of the molecule is CC1CC1CNC(=O)N[C@H](Cc1ccccc1)C(=O)O. The van der Waals surface area contributed by atoms with Crippen molar-refractivity contribution in [3.63, 3.8) is 0 Å². The van der Waals surface area contributed by atoms with E-state index in [4.69, 9.17) is 0 Å². The number of nitrogens with one attached hydrogen (secondary N) is 2. The van der Waals surface area contributed by atoms with E-state index in [1.807, 2.05) is 30.3 Å². The molecule has 3 N–H and O–H groups in total. The van der Waals surface area contributed by atoms with Crippen molar-refractivity contribution < 1.29 is 14.7 Å². The van der Waals surface area contributed by atoms with Crippen molar-refractivity contribution in [1.82, 2.24) is 10.6 Å². The summed E-state index contributed by atoms with van der Waals surface area (Å²) in [5, 5.41) is 14.4. The lowest BCUT2D eigenvalue weighted by Gasteiger charge is -2.15. The van der Waals surface area contributed by atoms with Crippen LogP contribution >= 0.6 is 0 Å². The smallest absolute Gasteiger partial charge is 0.326 e. The summed E-state index contributed by atoms with van der Waals surface area (Å²) in [5.41, 5.74) is 0.885. The molecule has 3 atom stereocenters. The second kappa shape index (κ2) is 6.41. The summed E-state index contributed by atoms with van der Waals surface area (Å²) in [6.45, 7) is 2.75. The van der Waals surface area contributed by atoms with Gasteiger partial charge in [-0.2, -0.15) is 0 Å². The van der Waals surface area contributed by atoms with Crippen LogP contribution in [0.1, 0.15) is 18.9 Å². The topological polar surface area (TPSA) is 78.4 Å². The number of carbonyl (C=O) groups is 2. The summed E-state index contributed by atoms with van der Waals surface area (Å²) in [4.78, 5) is 22.9. The molecule has 0 aliphatic heterocycles. The van der Waals surface area contributed by atoms with Crippen LogP contribution in [0, 0.1) is 11.8 Å². The summed E-state index contributed by atoms with van der Waals surface area (Å²) in [6, 6.07) is 7.95. The fourth-order valence-corrected chi connectivity index (χ4v) is 2.17. The van der Waals surface area contributed by atoms with Gasteiger partial charge in [0.15, 0.2) is 0 Å². The highest BCUT2D eigenvalue weighted by Gasteiger charge is 2.32. The minimum Gasteiger partial charge on any atom is -0.480 e. The first kappa shape index (κ1) is 14.4. The van der Waals surface area contributed by atoms with Gasteiger partial charge >= 0.3 is 12.0 Å². The van der Waals surface area contributed by atoms with E-state index in [0.717, 1.165) is 12.0 Å². The molecule has 5 nitrogen and oxygen atoms in total. The number of amides is 2. The lowest BCUT2D eigenvalue weighted by Crippen LogP contribution is -2.47. The number of hydrogen-bond acceptors (Lipinski definition) is 2. The standard InChI is InChI=1S/C15H20N2O3/c1-10-7-12(10)9-16-15(20)17-13(14(18)19)8-11-5-3-2-4-6-11/h2-6,10,12-13H,7-9H2,1H3,(H,18,19)(H2,16,17,20)/t10?,12?,13-/m1/s1. The van der Waals surface area contributed by atoms with Crippen LogP contribution in [0.2, 0.25) is 0 Å². The van der Waals surface area contributed by atoms with Gasteiger partial charge in [0.1, 0.15) is 6.04 Å². The summed E-state index contributed by atoms with van der Waals surface area (Å²) in [6.07, 6.45) is 1.41. The molecule has 108 valence electrons. The van der Waals surface area contributed by atoms with E-state index >= 15 is 0 Å². The molecule has 0 aromatic heterocycles. The van der Waals surface area contributed by atoms with Gasteiger partial charge in [-0.05, 0) is 23.8 Å². The van der Waals surface area contributed by atoms with E-state index in [0.29, 0.717) is 18.4 Å². The van der Waals surface area contributed by atoms with Crippen molar-refractivity contribution in [3.8, 4) is 0 Å². The van der Waals surface area contributed by atoms with E-state index in [9.17, 15) is 14.7 Å². The normalized spacial score (nSPS) is 21.9. The molecule has 0 spiro atoms. The summed E-state index contributed by atoms with van der Waals surface area (Å²) in [7, 11) is 0. The van der Waals surface area contributed by atoms with Gasteiger partial charge in [0.2, 0.25) is 0 Å². The molecule has 2 unspecified atom stereocenters. The molecule has 20 heavy (non-hydrogen) atoms. The van der Waals surface area contributed by atoms with E-state index in [-0.39, 0.29) is 6.42 Å². The number of carboxylic acid groups (broad SMARTS) is 1. The Morgan fingerprint density at radius 1 is 1.35 bits per heavy atom. The Kier molecular flexibility index (Phi) is 4.61. The number of carboxylic acids is 1. The maximum Gasteiger partial charge on any atom is 0.326 e. The van der Waals surface area contributed by atoms with Crippen molar-refractivity contribution in [3.05, 3.63) is 35.9 Å². The molecule has 1 fully saturated rings. The van der Waals surface area contributed by atoms with Crippen LogP contribution in [0.15, 0.2) is 30.3 Å². The zero-order chi connectivity index (χ0) is 14.5. The zero-order valence-electron chi connectivity index (χ0n) is 11.5. The van der Waals surface area contributed by atoms with Crippen LogP contribution in [0.3, 0.4) is 0 Å². The molecule has 0 saturated heterocycles. The Hall–Kier alpha value is -2.04. The molecule has 1 aromatic rings. The molecule has 0 radical (unpaired) electrons. The third-order valence-corrected chi connectivity index (χ3v) is 3.69. The minimum absolute atomic E-state index is 0.281. The van der Waals surface area contributed by atoms with Crippen molar-refractivity contribution in [2.45, 2.75) is 25.8 Å². The van der Waals surface area contributed by atoms with Gasteiger partial charge in [-0.15, -0.1) is 0 Å². The Labute approximate surface area is 118 Å². The first-order valence-electron chi connectivity index (χ1n) is 6.87. The van der Waals surface area contributed by atoms with Crippen LogP contribution in [0.25, 0.3) is 0 Å². The Morgan fingerprint density at radius 3 is 2.55 bits per heavy atom. The van der Waals surface area contributed by atoms with Crippen LogP contribution < -0.4 is 10.6 Å². The predicted octanol–water partition coefficient (Wildman–Crippen LogP) is 1.64. The fraction of sp³-hybridized carbons (Fsp3) is 0.467. The van der Waals surface area contributed by atoms with Crippen LogP contribution in [-0.4, -0.2) is 29.7 Å². The van der Waals surface area contributed by atoms with E-state index in [1.165, 1.54) is 0 Å². The van der Waals surface area contributed by atoms with Gasteiger partial charge in [0, 0.05) is 13.0 Å². The average molecular weight is 276 g/mol. The third kappa shape index (κ3) is 4.26. The van der Waals surface area contributed by atoms with Gasteiger partial charge in [0.05, 0.1) is 0 Å². The maximum atomic E-state index is 11.7. The number of hydrogen-bond donors (Lipinski definition) is 3. The first-order chi connectivity index (χ1) is 9.56. The Morgan fingerprint density at radius 2 is 2.00 bits per heavy atom. The second-order valence-corrected chi connectivity index (χ2v) is 5.41. The Bertz CT molecular complexity index is 475. The van der Waals surface area contributed by atoms with Gasteiger partial charge in [-0.25, -0.2) is 9.59 Å². The quantitative estimate of drug-likeness (QED) is 0.739. The van der Waals surface area contributed by atoms with Gasteiger partial charge in [-0.3, -0.25) is 0 Å². The van der Waals surface area contributed by atoms with Crippen molar-refractivity contribution >= 4 is 12.0 Å². The molecule has 1 aliphatic carbocycles. The molecule has 5 heteroatoms. The van der Waals surface area contributed by atoms with E-state index in [2.05, 4.69) is 17.6 Å². The summed E-state index contributed by atoms with van der Waals surface area (Å²) >= 11 is 0. The highest BCUT2D eigenvalue weighted by Crippen LogP contribution is 2.36. The first-order valence-corrected chi connectivity index (χ1v) is 6.87. The molecular weight excluding hydrogens is 256 g/mol. The van der Waals surface area contributed by atoms with Crippen LogP contribution in [-0.2, 0) is 11.2 Å². The molecule has 0 bridgehead atoms. The number of aliphatic carboxylic acids is 1. The minimum atomic E-state index is -1.02. The lowest BCUT2D eigenvalue weighted by atomic mass is 10.1. The highest BCUT2D eigenvalue weighted by atomic mass is 16.4. The van der Waals surface area contributed by atoms with Crippen molar-refractivity contribution in [2.75, 3.05) is 6.54 Å². The van der Waals surface area contributed by atoms with Gasteiger partial charge < -0.3 is 15.7 Å². The molecule has 2 amide bonds. The number of carbonyl (C=O) groups excluding carboxylic acids is 1. The molecule has 1 saturated carbocycles. The zero-order valence-corrected chi connectivity index (χ0v) is 11.5. The Balaban J connectivity index is 1.82. The molecule has 1 aliphatic rings.